The molecule has 4 heterocycles. The lowest BCUT2D eigenvalue weighted by molar-refractivity contribution is 0.0177. The summed E-state index contributed by atoms with van der Waals surface area (Å²) in [7, 11) is 0. The first-order valence-electron chi connectivity index (χ1n) is 14.9. The average molecular weight is 577 g/mol. The second-order valence-corrected chi connectivity index (χ2v) is 9.93. The number of aromatic amines is 1. The lowest BCUT2D eigenvalue weighted by atomic mass is 10.2. The topological polar surface area (TPSA) is 120 Å². The fourth-order valence-corrected chi connectivity index (χ4v) is 5.05. The maximum Gasteiger partial charge on any atom is 0.268 e. The molecule has 0 atom stereocenters. The molecule has 3 aromatic rings. The number of rotatable bonds is 10. The number of hydrogen-bond acceptors (Lipinski definition) is 9. The summed E-state index contributed by atoms with van der Waals surface area (Å²) in [6.45, 7) is 15.8. The number of morpholine rings is 2. The van der Waals surface area contributed by atoms with Crippen molar-refractivity contribution in [2.24, 2.45) is 4.99 Å². The van der Waals surface area contributed by atoms with E-state index in [1.165, 1.54) is 0 Å². The normalized spacial score (nSPS) is 16.9. The van der Waals surface area contributed by atoms with Gasteiger partial charge < -0.3 is 25.1 Å². The summed E-state index contributed by atoms with van der Waals surface area (Å²) < 4.78 is 11.0. The predicted octanol–water partition coefficient (Wildman–Crippen LogP) is 3.94. The Labute approximate surface area is 248 Å². The van der Waals surface area contributed by atoms with Crippen LogP contribution in [0.15, 0.2) is 47.6 Å². The van der Waals surface area contributed by atoms with Gasteiger partial charge in [-0.05, 0) is 44.2 Å². The third-order valence-electron chi connectivity index (χ3n) is 7.08. The van der Waals surface area contributed by atoms with E-state index in [1.807, 2.05) is 64.1 Å². The van der Waals surface area contributed by atoms with E-state index < -0.39 is 0 Å². The molecule has 0 saturated carbocycles. The Morgan fingerprint density at radius 1 is 1.02 bits per heavy atom. The highest BCUT2D eigenvalue weighted by Gasteiger charge is 2.23. The quantitative estimate of drug-likeness (QED) is 0.311. The minimum absolute atomic E-state index is 0.00382. The summed E-state index contributed by atoms with van der Waals surface area (Å²) in [5, 5.41) is 7.49. The molecule has 5 rings (SSSR count). The molecule has 0 bridgehead atoms. The van der Waals surface area contributed by atoms with Gasteiger partial charge in [-0.15, -0.1) is 0 Å². The van der Waals surface area contributed by atoms with Gasteiger partial charge in [0.15, 0.2) is 0 Å². The minimum atomic E-state index is -0.108. The van der Waals surface area contributed by atoms with Crippen molar-refractivity contribution in [2.45, 2.75) is 33.7 Å². The number of ether oxygens (including phenoxy) is 2. The van der Waals surface area contributed by atoms with E-state index in [-0.39, 0.29) is 11.9 Å². The molecule has 11 nitrogen and oxygen atoms in total. The lowest BCUT2D eigenvalue weighted by Crippen LogP contribution is -2.53. The Morgan fingerprint density at radius 2 is 1.69 bits per heavy atom. The van der Waals surface area contributed by atoms with Crippen LogP contribution in [0.1, 0.15) is 43.9 Å². The average Bonchev–Trinajstić information content (AvgIpc) is 3.46. The fourth-order valence-electron chi connectivity index (χ4n) is 5.05. The Kier molecular flexibility index (Phi) is 12.0. The molecule has 0 unspecified atom stereocenters. The number of amides is 1. The first kappa shape index (κ1) is 31.3. The van der Waals surface area contributed by atoms with Crippen molar-refractivity contribution in [1.82, 2.24) is 30.1 Å². The highest BCUT2D eigenvalue weighted by Crippen LogP contribution is 2.23. The van der Waals surface area contributed by atoms with Crippen molar-refractivity contribution in [3.05, 3.63) is 54.0 Å². The van der Waals surface area contributed by atoms with Crippen LogP contribution in [-0.2, 0) is 9.47 Å². The fraction of sp³-hybridized carbons (Fsp3) is 0.484. The number of carbonyl (C=O) groups is 1. The monoisotopic (exact) mass is 576 g/mol. The van der Waals surface area contributed by atoms with Gasteiger partial charge in [0.25, 0.3) is 5.91 Å². The molecule has 11 heteroatoms. The van der Waals surface area contributed by atoms with Gasteiger partial charge in [-0.1, -0.05) is 19.9 Å². The Hall–Kier alpha value is -3.64. The highest BCUT2D eigenvalue weighted by molar-refractivity contribution is 5.99. The van der Waals surface area contributed by atoms with Gasteiger partial charge in [0, 0.05) is 68.3 Å². The van der Waals surface area contributed by atoms with Crippen LogP contribution in [0.25, 0.3) is 16.6 Å². The molecular weight excluding hydrogens is 532 g/mol. The highest BCUT2D eigenvalue weighted by atomic mass is 16.5. The summed E-state index contributed by atoms with van der Waals surface area (Å²) >= 11 is 0. The number of benzene rings is 1. The molecule has 2 saturated heterocycles. The summed E-state index contributed by atoms with van der Waals surface area (Å²) in [5.41, 5.74) is 3.77. The van der Waals surface area contributed by atoms with E-state index in [4.69, 9.17) is 9.47 Å². The maximum absolute atomic E-state index is 13.4. The predicted molar refractivity (Wildman–Crippen MR) is 169 cm³/mol. The molecular formula is C31H44N8O3. The number of allylic oxidation sites excluding steroid dienone is 1. The molecule has 2 aromatic heterocycles. The van der Waals surface area contributed by atoms with Crippen molar-refractivity contribution in [1.29, 1.82) is 0 Å². The number of aromatic nitrogens is 3. The zero-order chi connectivity index (χ0) is 29.7. The molecule has 226 valence electrons. The van der Waals surface area contributed by atoms with Gasteiger partial charge in [0.2, 0.25) is 5.95 Å². The summed E-state index contributed by atoms with van der Waals surface area (Å²) in [4.78, 5) is 34.7. The molecule has 0 aliphatic carbocycles. The lowest BCUT2D eigenvalue weighted by Gasteiger charge is -2.34. The zero-order valence-electron chi connectivity index (χ0n) is 25.2. The maximum atomic E-state index is 13.4. The summed E-state index contributed by atoms with van der Waals surface area (Å²) in [6.07, 6.45) is 5.36. The second kappa shape index (κ2) is 16.1. The zero-order valence-corrected chi connectivity index (χ0v) is 25.2. The molecule has 2 fully saturated rings. The van der Waals surface area contributed by atoms with Crippen molar-refractivity contribution in [2.75, 3.05) is 71.0 Å². The van der Waals surface area contributed by atoms with E-state index >= 15 is 0 Å². The molecule has 1 amide bonds. The Morgan fingerprint density at radius 3 is 2.31 bits per heavy atom. The van der Waals surface area contributed by atoms with Crippen LogP contribution < -0.4 is 10.6 Å². The van der Waals surface area contributed by atoms with E-state index in [0.717, 1.165) is 93.7 Å². The first-order chi connectivity index (χ1) is 20.6. The Balaban J connectivity index is 0.00000198. The van der Waals surface area contributed by atoms with Gasteiger partial charge in [-0.3, -0.25) is 19.6 Å². The van der Waals surface area contributed by atoms with Gasteiger partial charge in [-0.2, -0.15) is 0 Å². The van der Waals surface area contributed by atoms with E-state index in [9.17, 15) is 4.79 Å². The number of carbonyl (C=O) groups excluding carboxylic acids is 1. The van der Waals surface area contributed by atoms with Crippen LogP contribution in [0.4, 0.5) is 11.6 Å². The number of fused-ring (bicyclic) bond motifs is 1. The second-order valence-electron chi connectivity index (χ2n) is 9.93. The number of nitrogens with one attached hydrogen (secondary N) is 3. The smallest absolute Gasteiger partial charge is 0.268 e. The van der Waals surface area contributed by atoms with Crippen LogP contribution in [0, 0.1) is 0 Å². The van der Waals surface area contributed by atoms with Crippen molar-refractivity contribution in [3.8, 4) is 0 Å². The molecule has 3 N–H and O–H groups in total. The van der Waals surface area contributed by atoms with Crippen LogP contribution in [-0.4, -0.2) is 109 Å². The number of anilines is 2. The van der Waals surface area contributed by atoms with E-state index in [2.05, 4.69) is 40.4 Å². The van der Waals surface area contributed by atoms with Crippen molar-refractivity contribution in [3.63, 3.8) is 0 Å². The van der Waals surface area contributed by atoms with Crippen LogP contribution in [0.5, 0.6) is 0 Å². The molecule has 0 radical (unpaired) electrons. The molecule has 42 heavy (non-hydrogen) atoms. The Bertz CT molecular complexity index is 1320. The van der Waals surface area contributed by atoms with E-state index in [1.54, 1.807) is 12.4 Å². The summed E-state index contributed by atoms with van der Waals surface area (Å²) in [5.74, 6) is 0.369. The van der Waals surface area contributed by atoms with Crippen molar-refractivity contribution < 1.29 is 14.3 Å². The molecule has 0 spiro atoms. The third kappa shape index (κ3) is 8.68. The van der Waals surface area contributed by atoms with Crippen LogP contribution in [0.2, 0.25) is 0 Å². The minimum Gasteiger partial charge on any atom is -0.379 e. The van der Waals surface area contributed by atoms with Gasteiger partial charge in [0.1, 0.15) is 5.69 Å². The van der Waals surface area contributed by atoms with Crippen LogP contribution >= 0.6 is 0 Å². The number of hydrogen-bond donors (Lipinski definition) is 3. The van der Waals surface area contributed by atoms with Crippen LogP contribution in [0.3, 0.4) is 0 Å². The van der Waals surface area contributed by atoms with Gasteiger partial charge in [-0.25, -0.2) is 9.97 Å². The largest absolute Gasteiger partial charge is 0.379 e. The molecule has 2 aliphatic rings. The number of nitrogens with zero attached hydrogens (tertiary/aromatic N) is 5. The third-order valence-corrected chi connectivity index (χ3v) is 7.08. The SMILES string of the molecule is CC.CC=N/C(=C\C)c1ccnc(Nc2ccc3[nH]c(C(=O)NC(CN4CCOCC4)CN4CCOCC4)cc3c2)n1. The van der Waals surface area contributed by atoms with Crippen molar-refractivity contribution >= 4 is 40.4 Å². The van der Waals surface area contributed by atoms with E-state index in [0.29, 0.717) is 11.6 Å². The number of aliphatic imine (C=N–C) groups is 1. The standard InChI is InChI=1S/C29H38N8O3.C2H6/c1-3-24(30-4-2)26-7-8-31-29(35-26)33-22-5-6-25-21(17-22)18-27(34-25)28(38)32-23(19-36-9-13-39-14-10-36)20-37-11-15-40-16-12-37;1-2/h3-8,17-18,23,34H,9-16,19-20H2,1-2H3,(H,32,38)(H,31,33,35);1-2H3/b24-3-,30-4?;. The summed E-state index contributed by atoms with van der Waals surface area (Å²) in [6, 6.07) is 9.60. The molecule has 1 aromatic carbocycles. The first-order valence-corrected chi connectivity index (χ1v) is 14.9. The van der Waals surface area contributed by atoms with Gasteiger partial charge >= 0.3 is 0 Å². The number of H-pyrrole nitrogens is 1. The molecule has 2 aliphatic heterocycles. The van der Waals surface area contributed by atoms with Gasteiger partial charge in [0.05, 0.1) is 43.9 Å².